The second-order valence-electron chi connectivity index (χ2n) is 6.29. The fraction of sp³-hybridized carbons (Fsp3) is 0.533. The maximum absolute atomic E-state index is 13.1. The number of hydrogen-bond acceptors (Lipinski definition) is 2. The van der Waals surface area contributed by atoms with Gasteiger partial charge in [0.1, 0.15) is 5.82 Å². The molecule has 0 spiro atoms. The third kappa shape index (κ3) is 2.96. The van der Waals surface area contributed by atoms with E-state index in [1.165, 1.54) is 12.1 Å². The minimum absolute atomic E-state index is 0.102. The van der Waals surface area contributed by atoms with E-state index < -0.39 is 17.7 Å². The summed E-state index contributed by atoms with van der Waals surface area (Å²) in [6.45, 7) is 7.27. The van der Waals surface area contributed by atoms with E-state index in [-0.39, 0.29) is 11.5 Å². The van der Waals surface area contributed by atoms with Gasteiger partial charge in [-0.2, -0.15) is 0 Å². The zero-order valence-corrected chi connectivity index (χ0v) is 12.6. The van der Waals surface area contributed by atoms with Crippen molar-refractivity contribution < 1.29 is 14.3 Å². The van der Waals surface area contributed by atoms with Crippen LogP contribution < -0.4 is 0 Å². The van der Waals surface area contributed by atoms with Gasteiger partial charge in [0.15, 0.2) is 0 Å². The average molecular weight is 300 g/mol. The molecule has 2 rings (SSSR count). The fourth-order valence-corrected chi connectivity index (χ4v) is 3.03. The number of benzene rings is 1. The van der Waals surface area contributed by atoms with Gasteiger partial charge in [0.05, 0.1) is 5.92 Å². The zero-order valence-electron chi connectivity index (χ0n) is 11.9. The molecule has 1 saturated heterocycles. The monoisotopic (exact) mass is 299 g/mol. The third-order valence-electron chi connectivity index (χ3n) is 3.95. The number of halogens is 2. The van der Waals surface area contributed by atoms with Gasteiger partial charge in [-0.3, -0.25) is 9.69 Å². The minimum Gasteiger partial charge on any atom is -0.481 e. The van der Waals surface area contributed by atoms with Gasteiger partial charge >= 0.3 is 5.97 Å². The van der Waals surface area contributed by atoms with Gasteiger partial charge in [-0.25, -0.2) is 4.39 Å². The van der Waals surface area contributed by atoms with Crippen molar-refractivity contribution in [1.29, 1.82) is 0 Å². The van der Waals surface area contributed by atoms with Crippen LogP contribution in [-0.2, 0) is 4.79 Å². The molecule has 1 aromatic carbocycles. The van der Waals surface area contributed by atoms with Crippen LogP contribution in [0.2, 0.25) is 5.02 Å². The number of carbonyl (C=O) groups is 1. The van der Waals surface area contributed by atoms with Gasteiger partial charge in [0.25, 0.3) is 0 Å². The van der Waals surface area contributed by atoms with E-state index >= 15 is 0 Å². The van der Waals surface area contributed by atoms with Crippen molar-refractivity contribution in [2.45, 2.75) is 32.2 Å². The van der Waals surface area contributed by atoms with Gasteiger partial charge < -0.3 is 5.11 Å². The van der Waals surface area contributed by atoms with Crippen LogP contribution in [0.3, 0.4) is 0 Å². The summed E-state index contributed by atoms with van der Waals surface area (Å²) in [7, 11) is 0. The fourth-order valence-electron chi connectivity index (χ4n) is 2.72. The largest absolute Gasteiger partial charge is 0.481 e. The number of likely N-dealkylation sites (tertiary alicyclic amines) is 1. The first-order chi connectivity index (χ1) is 9.20. The highest BCUT2D eigenvalue weighted by Gasteiger charge is 2.42. The van der Waals surface area contributed by atoms with Gasteiger partial charge in [0.2, 0.25) is 0 Å². The van der Waals surface area contributed by atoms with Gasteiger partial charge in [-0.1, -0.05) is 17.7 Å². The Labute approximate surface area is 123 Å². The van der Waals surface area contributed by atoms with Crippen LogP contribution in [0.5, 0.6) is 0 Å². The van der Waals surface area contributed by atoms with Crippen LogP contribution in [0.1, 0.15) is 32.3 Å². The van der Waals surface area contributed by atoms with E-state index in [1.54, 1.807) is 6.07 Å². The number of carboxylic acid groups (broad SMARTS) is 1. The van der Waals surface area contributed by atoms with E-state index in [9.17, 15) is 14.3 Å². The lowest BCUT2D eigenvalue weighted by molar-refractivity contribution is -0.141. The molecule has 0 radical (unpaired) electrons. The zero-order chi connectivity index (χ0) is 15.1. The Bertz CT molecular complexity index is 527. The number of aliphatic carboxylic acids is 1. The topological polar surface area (TPSA) is 40.5 Å². The lowest BCUT2D eigenvalue weighted by Gasteiger charge is -2.31. The molecule has 1 aliphatic heterocycles. The highest BCUT2D eigenvalue weighted by Crippen LogP contribution is 2.39. The summed E-state index contributed by atoms with van der Waals surface area (Å²) in [6.07, 6.45) is 0. The Morgan fingerprint density at radius 1 is 1.40 bits per heavy atom. The first kappa shape index (κ1) is 15.3. The van der Waals surface area contributed by atoms with E-state index in [0.717, 1.165) is 0 Å². The highest BCUT2D eigenvalue weighted by atomic mass is 35.5. The van der Waals surface area contributed by atoms with Crippen molar-refractivity contribution in [1.82, 2.24) is 4.90 Å². The predicted octanol–water partition coefficient (Wildman–Crippen LogP) is 3.38. The number of carboxylic acids is 1. The first-order valence-electron chi connectivity index (χ1n) is 6.63. The van der Waals surface area contributed by atoms with Gasteiger partial charge in [0, 0.05) is 29.6 Å². The van der Waals surface area contributed by atoms with Crippen LogP contribution in [0.25, 0.3) is 0 Å². The molecule has 2 atom stereocenters. The average Bonchev–Trinajstić information content (AvgIpc) is 2.73. The summed E-state index contributed by atoms with van der Waals surface area (Å²) >= 11 is 6.09. The molecule has 0 aromatic heterocycles. The predicted molar refractivity (Wildman–Crippen MR) is 76.6 cm³/mol. The molecule has 0 unspecified atom stereocenters. The number of rotatable bonds is 2. The molecule has 1 heterocycles. The molecule has 0 amide bonds. The van der Waals surface area contributed by atoms with Gasteiger partial charge in [-0.05, 0) is 38.5 Å². The molecule has 0 aliphatic carbocycles. The molecule has 1 aliphatic rings. The molecule has 1 N–H and O–H groups in total. The molecule has 3 nitrogen and oxygen atoms in total. The van der Waals surface area contributed by atoms with Gasteiger partial charge in [-0.15, -0.1) is 0 Å². The van der Waals surface area contributed by atoms with Crippen molar-refractivity contribution in [3.63, 3.8) is 0 Å². The van der Waals surface area contributed by atoms with Crippen molar-refractivity contribution in [2.75, 3.05) is 13.1 Å². The second-order valence-corrected chi connectivity index (χ2v) is 6.70. The Balaban J connectivity index is 2.35. The molecule has 0 bridgehead atoms. The van der Waals surface area contributed by atoms with Crippen LogP contribution in [0.4, 0.5) is 4.39 Å². The maximum Gasteiger partial charge on any atom is 0.308 e. The smallest absolute Gasteiger partial charge is 0.308 e. The van der Waals surface area contributed by atoms with E-state index in [4.69, 9.17) is 11.6 Å². The molecule has 1 aromatic rings. The maximum atomic E-state index is 13.1. The molecule has 1 fully saturated rings. The number of nitrogens with zero attached hydrogens (tertiary/aromatic N) is 1. The van der Waals surface area contributed by atoms with Crippen LogP contribution in [0, 0.1) is 11.7 Å². The van der Waals surface area contributed by atoms with E-state index in [2.05, 4.69) is 25.7 Å². The molecule has 110 valence electrons. The summed E-state index contributed by atoms with van der Waals surface area (Å²) in [4.78, 5) is 13.6. The Morgan fingerprint density at radius 3 is 2.55 bits per heavy atom. The molecular weight excluding hydrogens is 281 g/mol. The van der Waals surface area contributed by atoms with Crippen molar-refractivity contribution in [3.05, 3.63) is 34.6 Å². The van der Waals surface area contributed by atoms with Crippen LogP contribution in [-0.4, -0.2) is 34.6 Å². The van der Waals surface area contributed by atoms with E-state index in [1.807, 2.05) is 0 Å². The van der Waals surface area contributed by atoms with E-state index in [0.29, 0.717) is 23.7 Å². The van der Waals surface area contributed by atoms with Crippen LogP contribution >= 0.6 is 11.6 Å². The Morgan fingerprint density at radius 2 is 2.05 bits per heavy atom. The van der Waals surface area contributed by atoms with Crippen molar-refractivity contribution >= 4 is 17.6 Å². The third-order valence-corrected chi connectivity index (χ3v) is 4.28. The summed E-state index contributed by atoms with van der Waals surface area (Å²) in [5.41, 5.74) is 0.613. The first-order valence-corrected chi connectivity index (χ1v) is 7.00. The minimum atomic E-state index is -0.831. The molecule has 5 heteroatoms. The molecule has 0 saturated carbocycles. The second kappa shape index (κ2) is 5.34. The summed E-state index contributed by atoms with van der Waals surface area (Å²) in [5.74, 6) is -1.96. The lowest BCUT2D eigenvalue weighted by Crippen LogP contribution is -2.40. The number of hydrogen-bond donors (Lipinski definition) is 1. The highest BCUT2D eigenvalue weighted by molar-refractivity contribution is 6.31. The quantitative estimate of drug-likeness (QED) is 0.910. The SMILES string of the molecule is CC(C)(C)N1C[C@H](C(=O)O)[C@@H](c2ccc(F)cc2Cl)C1. The molecular formula is C15H19ClFNO2. The lowest BCUT2D eigenvalue weighted by atomic mass is 9.89. The van der Waals surface area contributed by atoms with Crippen molar-refractivity contribution in [2.24, 2.45) is 5.92 Å². The normalized spacial score (nSPS) is 24.1. The summed E-state index contributed by atoms with van der Waals surface area (Å²) in [5, 5.41) is 9.73. The van der Waals surface area contributed by atoms with Crippen molar-refractivity contribution in [3.8, 4) is 0 Å². The molecule has 20 heavy (non-hydrogen) atoms. The summed E-state index contributed by atoms with van der Waals surface area (Å²) < 4.78 is 13.1. The Kier molecular flexibility index (Phi) is 4.07. The standard InChI is InChI=1S/C15H19ClFNO2/c1-15(2,3)18-7-11(12(8-18)14(19)20)10-5-4-9(17)6-13(10)16/h4-6,11-12H,7-8H2,1-3H3,(H,19,20)/t11-,12+/m1/s1. The van der Waals surface area contributed by atoms with Crippen LogP contribution in [0.15, 0.2) is 18.2 Å². The summed E-state index contributed by atoms with van der Waals surface area (Å²) in [6, 6.07) is 4.18. The Hall–Kier alpha value is -1.13.